The largest absolute Gasteiger partial charge is 0.480 e. The summed E-state index contributed by atoms with van der Waals surface area (Å²) < 4.78 is 0. The van der Waals surface area contributed by atoms with Crippen molar-refractivity contribution in [1.29, 1.82) is 0 Å². The van der Waals surface area contributed by atoms with Crippen LogP contribution in [0.1, 0.15) is 92.4 Å². The number of hydrogen-bond acceptors (Lipinski definition) is 3. The Kier molecular flexibility index (Phi) is 12.8. The molecule has 0 aliphatic heterocycles. The van der Waals surface area contributed by atoms with Gasteiger partial charge in [0.15, 0.2) is 0 Å². The molecule has 3 N–H and O–H groups in total. The monoisotopic (exact) mass is 384 g/mol. The van der Waals surface area contributed by atoms with Gasteiger partial charge in [-0.25, -0.2) is 4.79 Å². The summed E-state index contributed by atoms with van der Waals surface area (Å²) in [6.45, 7) is 10.7. The minimum Gasteiger partial charge on any atom is -0.480 e. The first-order valence-corrected chi connectivity index (χ1v) is 10.4. The molecular formula is C21H40N2O4. The highest BCUT2D eigenvalue weighted by molar-refractivity contribution is 5.85. The van der Waals surface area contributed by atoms with Crippen molar-refractivity contribution >= 4 is 17.8 Å². The van der Waals surface area contributed by atoms with Crippen molar-refractivity contribution in [3.63, 3.8) is 0 Å². The van der Waals surface area contributed by atoms with E-state index in [0.29, 0.717) is 13.0 Å². The van der Waals surface area contributed by atoms with Gasteiger partial charge in [-0.1, -0.05) is 66.7 Å². The molecule has 0 saturated heterocycles. The van der Waals surface area contributed by atoms with Crippen LogP contribution >= 0.6 is 0 Å². The normalized spacial score (nSPS) is 13.7. The second-order valence-electron chi connectivity index (χ2n) is 8.72. The Bertz CT molecular complexity index is 458. The lowest BCUT2D eigenvalue weighted by molar-refractivity contribution is -0.142. The molecule has 0 radical (unpaired) electrons. The predicted octanol–water partition coefficient (Wildman–Crippen LogP) is 3.89. The average Bonchev–Trinajstić information content (AvgIpc) is 2.55. The summed E-state index contributed by atoms with van der Waals surface area (Å²) in [5.41, 5.74) is -0.00803. The van der Waals surface area contributed by atoms with Crippen LogP contribution in [0, 0.1) is 11.3 Å². The number of aliphatic carboxylic acids is 1. The van der Waals surface area contributed by atoms with E-state index in [1.807, 2.05) is 20.8 Å². The summed E-state index contributed by atoms with van der Waals surface area (Å²) in [6, 6.07) is -1.03. The topological polar surface area (TPSA) is 95.5 Å². The first-order valence-electron chi connectivity index (χ1n) is 10.4. The second kappa shape index (κ2) is 13.6. The molecule has 0 aliphatic rings. The van der Waals surface area contributed by atoms with E-state index in [1.54, 1.807) is 6.92 Å². The van der Waals surface area contributed by atoms with Crippen LogP contribution in [-0.4, -0.2) is 35.5 Å². The number of unbranched alkanes of at least 4 members (excludes halogenated alkanes) is 5. The Balaban J connectivity index is 4.15. The Morgan fingerprint density at radius 1 is 1.00 bits per heavy atom. The third-order valence-electron chi connectivity index (χ3n) is 4.49. The third-order valence-corrected chi connectivity index (χ3v) is 4.49. The molecule has 6 heteroatoms. The summed E-state index contributed by atoms with van der Waals surface area (Å²) in [4.78, 5) is 35.5. The summed E-state index contributed by atoms with van der Waals surface area (Å²) in [5, 5.41) is 14.7. The molecule has 158 valence electrons. The van der Waals surface area contributed by atoms with E-state index < -0.39 is 12.0 Å². The highest BCUT2D eigenvalue weighted by Crippen LogP contribution is 2.24. The Labute approximate surface area is 164 Å². The van der Waals surface area contributed by atoms with Crippen LogP contribution in [0.15, 0.2) is 0 Å². The summed E-state index contributed by atoms with van der Waals surface area (Å²) >= 11 is 0. The zero-order valence-electron chi connectivity index (χ0n) is 17.9. The molecule has 0 aromatic heterocycles. The van der Waals surface area contributed by atoms with Crippen LogP contribution in [0.5, 0.6) is 0 Å². The summed E-state index contributed by atoms with van der Waals surface area (Å²) in [7, 11) is 0. The zero-order chi connectivity index (χ0) is 20.9. The highest BCUT2D eigenvalue weighted by Gasteiger charge is 2.26. The predicted molar refractivity (Wildman–Crippen MR) is 108 cm³/mol. The van der Waals surface area contributed by atoms with Gasteiger partial charge in [0.1, 0.15) is 6.04 Å². The van der Waals surface area contributed by atoms with Crippen molar-refractivity contribution in [2.24, 2.45) is 11.3 Å². The Morgan fingerprint density at radius 3 is 2.15 bits per heavy atom. The molecule has 6 nitrogen and oxygen atoms in total. The van der Waals surface area contributed by atoms with E-state index in [1.165, 1.54) is 25.7 Å². The van der Waals surface area contributed by atoms with Crippen LogP contribution in [0.25, 0.3) is 0 Å². The van der Waals surface area contributed by atoms with Gasteiger partial charge in [0.2, 0.25) is 11.8 Å². The molecule has 0 aromatic carbocycles. The molecule has 0 saturated carbocycles. The van der Waals surface area contributed by atoms with Gasteiger partial charge in [-0.2, -0.15) is 0 Å². The van der Waals surface area contributed by atoms with Crippen molar-refractivity contribution < 1.29 is 19.5 Å². The van der Waals surface area contributed by atoms with Crippen LogP contribution in [0.3, 0.4) is 0 Å². The van der Waals surface area contributed by atoms with E-state index in [4.69, 9.17) is 0 Å². The zero-order valence-corrected chi connectivity index (χ0v) is 17.9. The number of carboxylic acid groups (broad SMARTS) is 1. The first kappa shape index (κ1) is 25.4. The first-order chi connectivity index (χ1) is 12.6. The lowest BCUT2D eigenvalue weighted by atomic mass is 9.85. The van der Waals surface area contributed by atoms with Crippen LogP contribution in [0.4, 0.5) is 0 Å². The van der Waals surface area contributed by atoms with Gasteiger partial charge in [0, 0.05) is 18.9 Å². The number of carboxylic acids is 1. The molecule has 2 unspecified atom stereocenters. The van der Waals surface area contributed by atoms with Gasteiger partial charge in [-0.15, -0.1) is 0 Å². The van der Waals surface area contributed by atoms with E-state index in [9.17, 15) is 19.5 Å². The second-order valence-corrected chi connectivity index (χ2v) is 8.72. The van der Waals surface area contributed by atoms with Crippen molar-refractivity contribution in [2.45, 2.75) is 98.4 Å². The van der Waals surface area contributed by atoms with Crippen molar-refractivity contribution in [3.05, 3.63) is 0 Å². The smallest absolute Gasteiger partial charge is 0.326 e. The van der Waals surface area contributed by atoms with Gasteiger partial charge in [-0.3, -0.25) is 9.59 Å². The maximum absolute atomic E-state index is 12.2. The lowest BCUT2D eigenvalue weighted by Gasteiger charge is -2.24. The average molecular weight is 385 g/mol. The number of carbonyl (C=O) groups is 3. The molecule has 27 heavy (non-hydrogen) atoms. The van der Waals surface area contributed by atoms with Crippen LogP contribution in [-0.2, 0) is 14.4 Å². The maximum atomic E-state index is 12.2. The third kappa shape index (κ3) is 14.2. The molecular weight excluding hydrogens is 344 g/mol. The van der Waals surface area contributed by atoms with E-state index in [2.05, 4.69) is 17.6 Å². The van der Waals surface area contributed by atoms with Crippen molar-refractivity contribution in [3.8, 4) is 0 Å². The molecule has 0 bridgehead atoms. The van der Waals surface area contributed by atoms with Gasteiger partial charge >= 0.3 is 5.97 Å². The molecule has 0 rings (SSSR count). The number of nitrogens with one attached hydrogen (secondary N) is 2. The van der Waals surface area contributed by atoms with Gasteiger partial charge in [0.25, 0.3) is 0 Å². The van der Waals surface area contributed by atoms with E-state index in [0.717, 1.165) is 12.8 Å². The Morgan fingerprint density at radius 2 is 1.59 bits per heavy atom. The van der Waals surface area contributed by atoms with E-state index >= 15 is 0 Å². The number of carbonyl (C=O) groups excluding carboxylic acids is 2. The molecule has 0 heterocycles. The molecule has 0 aromatic rings. The molecule has 0 aliphatic carbocycles. The fourth-order valence-corrected chi connectivity index (χ4v) is 3.08. The van der Waals surface area contributed by atoms with Crippen LogP contribution in [0.2, 0.25) is 0 Å². The van der Waals surface area contributed by atoms with Crippen molar-refractivity contribution in [1.82, 2.24) is 10.6 Å². The SMILES string of the molecule is CCCCCCCCNC(=O)CCC(NC(=O)C(C)CC(C)(C)C)C(=O)O. The molecule has 2 amide bonds. The fourth-order valence-electron chi connectivity index (χ4n) is 3.08. The highest BCUT2D eigenvalue weighted by atomic mass is 16.4. The quantitative estimate of drug-likeness (QED) is 0.396. The Hall–Kier alpha value is -1.59. The van der Waals surface area contributed by atoms with Gasteiger partial charge in [-0.05, 0) is 24.7 Å². The number of hydrogen-bond donors (Lipinski definition) is 3. The fraction of sp³-hybridized carbons (Fsp3) is 0.857. The standard InChI is InChI=1S/C21H40N2O4/c1-6-7-8-9-10-11-14-22-18(24)13-12-17(20(26)27)23-19(25)16(2)15-21(3,4)5/h16-17H,6-15H2,1-5H3,(H,22,24)(H,23,25)(H,26,27). The molecule has 2 atom stereocenters. The lowest BCUT2D eigenvalue weighted by Crippen LogP contribution is -2.44. The van der Waals surface area contributed by atoms with Crippen LogP contribution < -0.4 is 10.6 Å². The minimum absolute atomic E-state index is 0.00803. The number of amides is 2. The van der Waals surface area contributed by atoms with Gasteiger partial charge < -0.3 is 15.7 Å². The number of rotatable bonds is 14. The van der Waals surface area contributed by atoms with E-state index in [-0.39, 0.29) is 36.0 Å². The van der Waals surface area contributed by atoms with Gasteiger partial charge in [0.05, 0.1) is 0 Å². The summed E-state index contributed by atoms with van der Waals surface area (Å²) in [6.07, 6.45) is 7.80. The van der Waals surface area contributed by atoms with Crippen molar-refractivity contribution in [2.75, 3.05) is 6.54 Å². The molecule has 0 spiro atoms. The maximum Gasteiger partial charge on any atom is 0.326 e. The minimum atomic E-state index is -1.10. The summed E-state index contributed by atoms with van der Waals surface area (Å²) in [5.74, 6) is -1.81. The molecule has 0 fully saturated rings.